The van der Waals surface area contributed by atoms with Crippen LogP contribution >= 0.6 is 0 Å². The van der Waals surface area contributed by atoms with Crippen LogP contribution in [0.3, 0.4) is 0 Å². The van der Waals surface area contributed by atoms with Crippen LogP contribution in [0, 0.1) is 11.8 Å². The fourth-order valence-electron chi connectivity index (χ4n) is 2.83. The van der Waals surface area contributed by atoms with E-state index in [9.17, 15) is 5.11 Å². The average Bonchev–Trinajstić information content (AvgIpc) is 2.96. The molecule has 2 atom stereocenters. The summed E-state index contributed by atoms with van der Waals surface area (Å²) in [6, 6.07) is 0. The quantitative estimate of drug-likeness (QED) is 0.684. The zero-order chi connectivity index (χ0) is 10.7. The van der Waals surface area contributed by atoms with Crippen LogP contribution in [0.15, 0.2) is 0 Å². The molecule has 2 fully saturated rings. The molecule has 2 aliphatic carbocycles. The van der Waals surface area contributed by atoms with Gasteiger partial charge >= 0.3 is 0 Å². The Bertz CT molecular complexity index is 203. The summed E-state index contributed by atoms with van der Waals surface area (Å²) < 4.78 is 0. The molecule has 2 aliphatic rings. The fraction of sp³-hybridized carbons (Fsp3) is 1.00. The van der Waals surface area contributed by atoms with Crippen LogP contribution in [0.2, 0.25) is 0 Å². The maximum absolute atomic E-state index is 10.4. The smallest absolute Gasteiger partial charge is 0.0774 e. The van der Waals surface area contributed by atoms with E-state index in [0.717, 1.165) is 31.8 Å². The summed E-state index contributed by atoms with van der Waals surface area (Å²) in [5, 5.41) is 13.8. The molecule has 2 nitrogen and oxygen atoms in total. The lowest BCUT2D eigenvalue weighted by atomic mass is 9.79. The minimum Gasteiger partial charge on any atom is -0.389 e. The van der Waals surface area contributed by atoms with Crippen LogP contribution in [0.1, 0.15) is 51.9 Å². The van der Waals surface area contributed by atoms with E-state index in [1.165, 1.54) is 32.1 Å². The van der Waals surface area contributed by atoms with Crippen molar-refractivity contribution in [3.8, 4) is 0 Å². The van der Waals surface area contributed by atoms with E-state index in [4.69, 9.17) is 0 Å². The van der Waals surface area contributed by atoms with Crippen LogP contribution < -0.4 is 5.32 Å². The van der Waals surface area contributed by atoms with Gasteiger partial charge in [0.1, 0.15) is 0 Å². The topological polar surface area (TPSA) is 32.3 Å². The molecule has 2 saturated carbocycles. The van der Waals surface area contributed by atoms with Gasteiger partial charge in [0, 0.05) is 6.54 Å². The van der Waals surface area contributed by atoms with Gasteiger partial charge in [-0.05, 0) is 37.6 Å². The predicted octanol–water partition coefficient (Wildman–Crippen LogP) is 2.32. The Balaban J connectivity index is 1.62. The molecule has 0 heterocycles. The van der Waals surface area contributed by atoms with E-state index in [2.05, 4.69) is 12.2 Å². The van der Waals surface area contributed by atoms with Gasteiger partial charge in [0.25, 0.3) is 0 Å². The molecule has 88 valence electrons. The number of hydrogen-bond acceptors (Lipinski definition) is 2. The van der Waals surface area contributed by atoms with Crippen molar-refractivity contribution in [2.75, 3.05) is 13.1 Å². The van der Waals surface area contributed by atoms with Gasteiger partial charge in [-0.25, -0.2) is 0 Å². The molecule has 0 saturated heterocycles. The maximum atomic E-state index is 10.4. The van der Waals surface area contributed by atoms with Gasteiger partial charge in [0.15, 0.2) is 0 Å². The number of hydrogen-bond donors (Lipinski definition) is 2. The first-order valence-electron chi connectivity index (χ1n) is 6.61. The van der Waals surface area contributed by atoms with Gasteiger partial charge < -0.3 is 10.4 Å². The first-order valence-corrected chi connectivity index (χ1v) is 6.61. The highest BCUT2D eigenvalue weighted by Gasteiger charge is 2.32. The zero-order valence-corrected chi connectivity index (χ0v) is 9.97. The van der Waals surface area contributed by atoms with Gasteiger partial charge in [-0.2, -0.15) is 0 Å². The summed E-state index contributed by atoms with van der Waals surface area (Å²) in [5.74, 6) is 1.70. The molecule has 2 unspecified atom stereocenters. The Hall–Kier alpha value is -0.0800. The molecule has 0 amide bonds. The summed E-state index contributed by atoms with van der Waals surface area (Å²) >= 11 is 0. The highest BCUT2D eigenvalue weighted by atomic mass is 16.3. The molecule has 2 N–H and O–H groups in total. The first kappa shape index (κ1) is 11.4. The summed E-state index contributed by atoms with van der Waals surface area (Å²) in [5.41, 5.74) is -0.402. The molecule has 0 spiro atoms. The van der Waals surface area contributed by atoms with Crippen LogP contribution in [0.5, 0.6) is 0 Å². The molecular weight excluding hydrogens is 186 g/mol. The van der Waals surface area contributed by atoms with Crippen molar-refractivity contribution in [2.24, 2.45) is 11.8 Å². The summed E-state index contributed by atoms with van der Waals surface area (Å²) in [6.07, 6.45) is 8.65. The van der Waals surface area contributed by atoms with Crippen molar-refractivity contribution in [1.82, 2.24) is 5.32 Å². The highest BCUT2D eigenvalue weighted by molar-refractivity contribution is 4.87. The van der Waals surface area contributed by atoms with Crippen molar-refractivity contribution in [2.45, 2.75) is 57.5 Å². The predicted molar refractivity (Wildman–Crippen MR) is 62.8 cm³/mol. The maximum Gasteiger partial charge on any atom is 0.0774 e. The fourth-order valence-corrected chi connectivity index (χ4v) is 2.83. The van der Waals surface area contributed by atoms with Gasteiger partial charge in [0.05, 0.1) is 5.60 Å². The van der Waals surface area contributed by atoms with Gasteiger partial charge in [-0.3, -0.25) is 0 Å². The molecule has 0 aromatic heterocycles. The van der Waals surface area contributed by atoms with Crippen molar-refractivity contribution >= 4 is 0 Å². The minimum atomic E-state index is -0.402. The first-order chi connectivity index (χ1) is 7.18. The summed E-state index contributed by atoms with van der Waals surface area (Å²) in [7, 11) is 0. The number of nitrogens with one attached hydrogen (secondary N) is 1. The van der Waals surface area contributed by atoms with E-state index >= 15 is 0 Å². The lowest BCUT2D eigenvalue weighted by Gasteiger charge is -2.35. The van der Waals surface area contributed by atoms with Crippen LogP contribution in [0.4, 0.5) is 0 Å². The van der Waals surface area contributed by atoms with Crippen LogP contribution in [-0.2, 0) is 0 Å². The molecule has 2 rings (SSSR count). The Morgan fingerprint density at radius 2 is 2.13 bits per heavy atom. The van der Waals surface area contributed by atoms with E-state index in [-0.39, 0.29) is 0 Å². The third-order valence-electron chi connectivity index (χ3n) is 3.95. The van der Waals surface area contributed by atoms with E-state index < -0.39 is 5.60 Å². The monoisotopic (exact) mass is 211 g/mol. The third kappa shape index (κ3) is 3.76. The second-order valence-electron chi connectivity index (χ2n) is 5.83. The van der Waals surface area contributed by atoms with Gasteiger partial charge in [-0.15, -0.1) is 0 Å². The minimum absolute atomic E-state index is 0.402. The molecule has 2 heteroatoms. The number of aliphatic hydroxyl groups is 1. The molecule has 15 heavy (non-hydrogen) atoms. The Labute approximate surface area is 93.5 Å². The van der Waals surface area contributed by atoms with Gasteiger partial charge in [-0.1, -0.05) is 32.6 Å². The normalized spacial score (nSPS) is 36.8. The van der Waals surface area contributed by atoms with Crippen molar-refractivity contribution in [3.05, 3.63) is 0 Å². The van der Waals surface area contributed by atoms with Gasteiger partial charge in [0.2, 0.25) is 0 Å². The molecule has 0 aliphatic heterocycles. The summed E-state index contributed by atoms with van der Waals surface area (Å²) in [4.78, 5) is 0. The standard InChI is InChI=1S/C13H25NO/c1-11-3-2-7-13(15,9-11)10-14-8-6-12-4-5-12/h11-12,14-15H,2-10H2,1H3. The van der Waals surface area contributed by atoms with E-state index in [0.29, 0.717) is 5.92 Å². The van der Waals surface area contributed by atoms with Crippen molar-refractivity contribution < 1.29 is 5.11 Å². The van der Waals surface area contributed by atoms with Crippen LogP contribution in [0.25, 0.3) is 0 Å². The second kappa shape index (κ2) is 4.84. The molecule has 0 aromatic carbocycles. The third-order valence-corrected chi connectivity index (χ3v) is 3.95. The highest BCUT2D eigenvalue weighted by Crippen LogP contribution is 2.33. The molecule has 0 aromatic rings. The average molecular weight is 211 g/mol. The molecular formula is C13H25NO. The zero-order valence-electron chi connectivity index (χ0n) is 9.97. The largest absolute Gasteiger partial charge is 0.389 e. The lowest BCUT2D eigenvalue weighted by Crippen LogP contribution is -2.44. The lowest BCUT2D eigenvalue weighted by molar-refractivity contribution is -0.0116. The van der Waals surface area contributed by atoms with Crippen molar-refractivity contribution in [3.63, 3.8) is 0 Å². The SMILES string of the molecule is CC1CCCC(O)(CNCCC2CC2)C1. The second-order valence-corrected chi connectivity index (χ2v) is 5.83. The molecule has 0 bridgehead atoms. The molecule has 0 radical (unpaired) electrons. The Morgan fingerprint density at radius 1 is 1.33 bits per heavy atom. The Morgan fingerprint density at radius 3 is 2.80 bits per heavy atom. The van der Waals surface area contributed by atoms with E-state index in [1.54, 1.807) is 0 Å². The Kier molecular flexibility index (Phi) is 3.68. The van der Waals surface area contributed by atoms with Crippen LogP contribution in [-0.4, -0.2) is 23.8 Å². The number of rotatable bonds is 5. The summed E-state index contributed by atoms with van der Waals surface area (Å²) in [6.45, 7) is 4.17. The van der Waals surface area contributed by atoms with E-state index in [1.807, 2.05) is 0 Å². The van der Waals surface area contributed by atoms with Crippen molar-refractivity contribution in [1.29, 1.82) is 0 Å².